The van der Waals surface area contributed by atoms with Gasteiger partial charge >= 0.3 is 0 Å². The Morgan fingerprint density at radius 2 is 2.24 bits per heavy atom. The first-order chi connectivity index (χ1) is 8.19. The van der Waals surface area contributed by atoms with Crippen molar-refractivity contribution in [3.8, 4) is 5.75 Å². The van der Waals surface area contributed by atoms with E-state index in [1.54, 1.807) is 12.1 Å². The average Bonchev–Trinajstić information content (AvgIpc) is 2.30. The van der Waals surface area contributed by atoms with Crippen LogP contribution in [-0.2, 0) is 4.79 Å². The topological polar surface area (TPSA) is 26.3 Å². The van der Waals surface area contributed by atoms with Crippen LogP contribution in [0.1, 0.15) is 37.1 Å². The summed E-state index contributed by atoms with van der Waals surface area (Å²) >= 11 is 12.2. The third-order valence-corrected chi connectivity index (χ3v) is 3.08. The molecule has 4 heteroatoms. The van der Waals surface area contributed by atoms with E-state index >= 15 is 0 Å². The van der Waals surface area contributed by atoms with Crippen LogP contribution in [0.15, 0.2) is 18.2 Å². The van der Waals surface area contributed by atoms with Crippen molar-refractivity contribution in [2.24, 2.45) is 0 Å². The van der Waals surface area contributed by atoms with Gasteiger partial charge in [0.15, 0.2) is 0 Å². The number of hydrogen-bond donors (Lipinski definition) is 0. The predicted molar refractivity (Wildman–Crippen MR) is 71.1 cm³/mol. The molecule has 0 aliphatic carbocycles. The van der Waals surface area contributed by atoms with E-state index in [1.165, 1.54) is 0 Å². The maximum absolute atomic E-state index is 10.3. The van der Waals surface area contributed by atoms with Crippen molar-refractivity contribution in [1.29, 1.82) is 0 Å². The quantitative estimate of drug-likeness (QED) is 0.419. The standard InChI is InChI=1S/C13H16Cl2O2/c1-2-17-13-9-10(14)6-7-11(13)12(15)5-3-4-8-16/h6-9,12H,2-5H2,1H3. The zero-order valence-corrected chi connectivity index (χ0v) is 11.3. The van der Waals surface area contributed by atoms with Crippen molar-refractivity contribution < 1.29 is 9.53 Å². The van der Waals surface area contributed by atoms with Crippen molar-refractivity contribution in [3.63, 3.8) is 0 Å². The molecule has 0 aliphatic rings. The van der Waals surface area contributed by atoms with Crippen molar-refractivity contribution in [3.05, 3.63) is 28.8 Å². The summed E-state index contributed by atoms with van der Waals surface area (Å²) in [6, 6.07) is 5.45. The Morgan fingerprint density at radius 1 is 1.47 bits per heavy atom. The molecule has 0 radical (unpaired) electrons. The van der Waals surface area contributed by atoms with Gasteiger partial charge in [0.25, 0.3) is 0 Å². The van der Waals surface area contributed by atoms with Gasteiger partial charge in [-0.25, -0.2) is 0 Å². The highest BCUT2D eigenvalue weighted by Gasteiger charge is 2.13. The molecule has 94 valence electrons. The number of carbonyl (C=O) groups excluding carboxylic acids is 1. The number of rotatable bonds is 7. The predicted octanol–water partition coefficient (Wildman–Crippen LogP) is 4.39. The summed E-state index contributed by atoms with van der Waals surface area (Å²) in [5.74, 6) is 0.728. The van der Waals surface area contributed by atoms with E-state index in [4.69, 9.17) is 27.9 Å². The first-order valence-corrected chi connectivity index (χ1v) is 6.50. The number of benzene rings is 1. The zero-order chi connectivity index (χ0) is 12.7. The van der Waals surface area contributed by atoms with E-state index in [1.807, 2.05) is 13.0 Å². The Labute approximate surface area is 112 Å². The van der Waals surface area contributed by atoms with E-state index < -0.39 is 0 Å². The fourth-order valence-corrected chi connectivity index (χ4v) is 2.08. The molecule has 0 spiro atoms. The molecular weight excluding hydrogens is 259 g/mol. The molecule has 0 aliphatic heterocycles. The van der Waals surface area contributed by atoms with Crippen LogP contribution in [0.3, 0.4) is 0 Å². The molecule has 0 bridgehead atoms. The fraction of sp³-hybridized carbons (Fsp3) is 0.462. The van der Waals surface area contributed by atoms with Gasteiger partial charge in [0.05, 0.1) is 12.0 Å². The minimum Gasteiger partial charge on any atom is -0.493 e. The number of hydrogen-bond acceptors (Lipinski definition) is 2. The molecule has 1 aromatic carbocycles. The van der Waals surface area contributed by atoms with Gasteiger partial charge in [0.2, 0.25) is 0 Å². The maximum Gasteiger partial charge on any atom is 0.125 e. The highest BCUT2D eigenvalue weighted by Crippen LogP contribution is 2.35. The number of unbranched alkanes of at least 4 members (excludes halogenated alkanes) is 1. The largest absolute Gasteiger partial charge is 0.493 e. The number of alkyl halides is 1. The summed E-state index contributed by atoms with van der Waals surface area (Å²) in [5, 5.41) is 0.489. The molecule has 0 aromatic heterocycles. The monoisotopic (exact) mass is 274 g/mol. The van der Waals surface area contributed by atoms with Crippen LogP contribution in [0.5, 0.6) is 5.75 Å². The minimum absolute atomic E-state index is 0.145. The van der Waals surface area contributed by atoms with Crippen molar-refractivity contribution in [2.45, 2.75) is 31.6 Å². The molecule has 17 heavy (non-hydrogen) atoms. The molecule has 0 N–H and O–H groups in total. The molecule has 1 rings (SSSR count). The maximum atomic E-state index is 10.3. The van der Waals surface area contributed by atoms with Gasteiger partial charge < -0.3 is 9.53 Å². The second-order valence-corrected chi connectivity index (χ2v) is 4.64. The normalized spacial score (nSPS) is 12.2. The summed E-state index contributed by atoms with van der Waals surface area (Å²) in [6.07, 6.45) is 2.99. The van der Waals surface area contributed by atoms with Crippen LogP contribution < -0.4 is 4.74 Å². The van der Waals surface area contributed by atoms with E-state index in [2.05, 4.69) is 0 Å². The van der Waals surface area contributed by atoms with Crippen LogP contribution in [0.25, 0.3) is 0 Å². The third-order valence-electron chi connectivity index (χ3n) is 2.39. The Balaban J connectivity index is 2.76. The minimum atomic E-state index is -0.145. The molecule has 1 aromatic rings. The van der Waals surface area contributed by atoms with Gasteiger partial charge in [0, 0.05) is 17.0 Å². The molecule has 0 saturated heterocycles. The van der Waals surface area contributed by atoms with Gasteiger partial charge in [-0.2, -0.15) is 0 Å². The van der Waals surface area contributed by atoms with Crippen LogP contribution >= 0.6 is 23.2 Å². The molecular formula is C13H16Cl2O2. The summed E-state index contributed by atoms with van der Waals surface area (Å²) in [6.45, 7) is 2.49. The molecule has 0 fully saturated rings. The number of ether oxygens (including phenoxy) is 1. The molecule has 2 nitrogen and oxygen atoms in total. The van der Waals surface area contributed by atoms with Crippen LogP contribution in [0.4, 0.5) is 0 Å². The van der Waals surface area contributed by atoms with Gasteiger partial charge in [-0.1, -0.05) is 17.7 Å². The Hall–Kier alpha value is -0.730. The molecule has 1 unspecified atom stereocenters. The SMILES string of the molecule is CCOc1cc(Cl)ccc1C(Cl)CCCC=O. The molecule has 0 saturated carbocycles. The van der Waals surface area contributed by atoms with Crippen LogP contribution in [0.2, 0.25) is 5.02 Å². The Bertz CT molecular complexity index is 366. The van der Waals surface area contributed by atoms with Crippen molar-refractivity contribution in [2.75, 3.05) is 6.61 Å². The second-order valence-electron chi connectivity index (χ2n) is 3.68. The van der Waals surface area contributed by atoms with E-state index in [9.17, 15) is 4.79 Å². The molecule has 0 amide bonds. The lowest BCUT2D eigenvalue weighted by molar-refractivity contribution is -0.107. The van der Waals surface area contributed by atoms with Crippen LogP contribution in [0, 0.1) is 0 Å². The number of aldehydes is 1. The summed E-state index contributed by atoms with van der Waals surface area (Å²) in [5.41, 5.74) is 0.934. The fourth-order valence-electron chi connectivity index (χ4n) is 1.58. The Morgan fingerprint density at radius 3 is 2.88 bits per heavy atom. The smallest absolute Gasteiger partial charge is 0.125 e. The first kappa shape index (κ1) is 14.3. The van der Waals surface area contributed by atoms with Crippen molar-refractivity contribution >= 4 is 29.5 Å². The molecule has 1 atom stereocenters. The van der Waals surface area contributed by atoms with Crippen molar-refractivity contribution in [1.82, 2.24) is 0 Å². The number of carbonyl (C=O) groups is 1. The lowest BCUT2D eigenvalue weighted by Gasteiger charge is -2.14. The van der Waals surface area contributed by atoms with Gasteiger partial charge in [-0.15, -0.1) is 11.6 Å². The Kier molecular flexibility index (Phi) is 6.38. The second kappa shape index (κ2) is 7.57. The summed E-state index contributed by atoms with van der Waals surface area (Å²) in [7, 11) is 0. The van der Waals surface area contributed by atoms with Crippen LogP contribution in [-0.4, -0.2) is 12.9 Å². The lowest BCUT2D eigenvalue weighted by Crippen LogP contribution is -1.99. The lowest BCUT2D eigenvalue weighted by atomic mass is 10.1. The summed E-state index contributed by atoms with van der Waals surface area (Å²) < 4.78 is 5.51. The highest BCUT2D eigenvalue weighted by atomic mass is 35.5. The average molecular weight is 275 g/mol. The van der Waals surface area contributed by atoms with Gasteiger partial charge in [0.1, 0.15) is 12.0 Å². The number of halogens is 2. The first-order valence-electron chi connectivity index (χ1n) is 5.69. The van der Waals surface area contributed by atoms with E-state index in [-0.39, 0.29) is 5.38 Å². The third kappa shape index (κ3) is 4.57. The van der Waals surface area contributed by atoms with E-state index in [0.717, 1.165) is 30.4 Å². The van der Waals surface area contributed by atoms with Gasteiger partial charge in [-0.05, 0) is 31.9 Å². The highest BCUT2D eigenvalue weighted by molar-refractivity contribution is 6.30. The zero-order valence-electron chi connectivity index (χ0n) is 9.79. The van der Waals surface area contributed by atoms with E-state index in [0.29, 0.717) is 18.1 Å². The van der Waals surface area contributed by atoms with Gasteiger partial charge in [-0.3, -0.25) is 0 Å². The molecule has 0 heterocycles. The summed E-state index contributed by atoms with van der Waals surface area (Å²) in [4.78, 5) is 10.3.